The molecule has 8 heteroatoms. The SMILES string of the molecule is C/C=C\COC(=O)CCCCCCCN(CCCCCCCC(=O)OC/C=C\CCCCCC)C(=O)SC[C@H](C)NC. The Hall–Kier alpha value is -1.80. The lowest BCUT2D eigenvalue weighted by molar-refractivity contribution is -0.143. The first kappa shape index (κ1) is 40.2. The van der Waals surface area contributed by atoms with Gasteiger partial charge in [0.1, 0.15) is 13.2 Å². The molecule has 0 rings (SSSR count). The van der Waals surface area contributed by atoms with Crippen LogP contribution in [0.5, 0.6) is 0 Å². The van der Waals surface area contributed by atoms with Gasteiger partial charge in [0.15, 0.2) is 0 Å². The van der Waals surface area contributed by atoms with Gasteiger partial charge in [-0.15, -0.1) is 0 Å². The van der Waals surface area contributed by atoms with Gasteiger partial charge in [-0.05, 0) is 59.4 Å². The first-order valence-corrected chi connectivity index (χ1v) is 17.6. The standard InChI is InChI=1S/C34H62N2O5S/c1-5-7-9-10-11-18-23-29-41-33(38)25-20-15-13-17-22-27-36(34(39)42-30-31(3)35-4)26-21-16-12-14-19-24-32(37)40-28-8-6-2/h6,8,18,23,31,35H,5,7,9-17,19-22,24-30H2,1-4H3/b8-6-,23-18-/t31-/m0/s1. The Balaban J connectivity index is 4.10. The fraction of sp³-hybridized carbons (Fsp3) is 0.794. The summed E-state index contributed by atoms with van der Waals surface area (Å²) in [7, 11) is 1.92. The monoisotopic (exact) mass is 610 g/mol. The molecule has 0 aromatic carbocycles. The second-order valence-electron chi connectivity index (χ2n) is 11.0. The van der Waals surface area contributed by atoms with Gasteiger partial charge in [0.2, 0.25) is 0 Å². The number of esters is 2. The fourth-order valence-electron chi connectivity index (χ4n) is 4.27. The van der Waals surface area contributed by atoms with Gasteiger partial charge < -0.3 is 19.7 Å². The summed E-state index contributed by atoms with van der Waals surface area (Å²) >= 11 is 1.40. The third kappa shape index (κ3) is 27.1. The molecule has 0 saturated heterocycles. The Kier molecular flexibility index (Phi) is 29.3. The van der Waals surface area contributed by atoms with Crippen molar-refractivity contribution in [2.24, 2.45) is 0 Å². The summed E-state index contributed by atoms with van der Waals surface area (Å²) in [4.78, 5) is 38.5. The number of nitrogens with one attached hydrogen (secondary N) is 1. The second kappa shape index (κ2) is 30.7. The molecule has 1 atom stereocenters. The van der Waals surface area contributed by atoms with Crippen LogP contribution in [-0.4, -0.2) is 67.2 Å². The van der Waals surface area contributed by atoms with E-state index >= 15 is 0 Å². The van der Waals surface area contributed by atoms with Crippen LogP contribution in [0.2, 0.25) is 0 Å². The fourth-order valence-corrected chi connectivity index (χ4v) is 5.19. The number of thioether (sulfide) groups is 1. The Bertz CT molecular complexity index is 729. The average molecular weight is 611 g/mol. The van der Waals surface area contributed by atoms with Gasteiger partial charge in [-0.3, -0.25) is 14.4 Å². The number of carbonyl (C=O) groups excluding carboxylic acids is 3. The molecule has 7 nitrogen and oxygen atoms in total. The number of allylic oxidation sites excluding steroid dienone is 2. The van der Waals surface area contributed by atoms with Crippen LogP contribution in [0, 0.1) is 0 Å². The van der Waals surface area contributed by atoms with Gasteiger partial charge in [0, 0.05) is 37.7 Å². The quantitative estimate of drug-likeness (QED) is 0.0539. The maximum atomic E-state index is 12.9. The third-order valence-electron chi connectivity index (χ3n) is 7.13. The van der Waals surface area contributed by atoms with Crippen molar-refractivity contribution in [3.8, 4) is 0 Å². The molecule has 0 unspecified atom stereocenters. The van der Waals surface area contributed by atoms with Crippen LogP contribution >= 0.6 is 11.8 Å². The summed E-state index contributed by atoms with van der Waals surface area (Å²) in [6, 6.07) is 0.295. The first-order chi connectivity index (χ1) is 20.4. The van der Waals surface area contributed by atoms with E-state index in [1.807, 2.05) is 37.1 Å². The van der Waals surface area contributed by atoms with Crippen molar-refractivity contribution in [2.45, 2.75) is 136 Å². The summed E-state index contributed by atoms with van der Waals surface area (Å²) in [5, 5.41) is 3.36. The van der Waals surface area contributed by atoms with Crippen molar-refractivity contribution < 1.29 is 23.9 Å². The number of hydrogen-bond donors (Lipinski definition) is 1. The highest BCUT2D eigenvalue weighted by molar-refractivity contribution is 8.13. The predicted octanol–water partition coefficient (Wildman–Crippen LogP) is 8.62. The van der Waals surface area contributed by atoms with Gasteiger partial charge in [-0.25, -0.2) is 0 Å². The Morgan fingerprint density at radius 3 is 1.81 bits per heavy atom. The molecule has 0 fully saturated rings. The summed E-state index contributed by atoms with van der Waals surface area (Å²) in [5.74, 6) is 0.523. The van der Waals surface area contributed by atoms with Gasteiger partial charge in [-0.2, -0.15) is 0 Å². The van der Waals surface area contributed by atoms with Gasteiger partial charge >= 0.3 is 11.9 Å². The molecule has 244 valence electrons. The third-order valence-corrected chi connectivity index (χ3v) is 8.31. The van der Waals surface area contributed by atoms with Crippen LogP contribution in [0.25, 0.3) is 0 Å². The molecule has 0 aromatic heterocycles. The molecule has 0 aliphatic heterocycles. The molecular weight excluding hydrogens is 548 g/mol. The van der Waals surface area contributed by atoms with Crippen molar-refractivity contribution in [1.29, 1.82) is 0 Å². The van der Waals surface area contributed by atoms with Gasteiger partial charge in [0.25, 0.3) is 5.24 Å². The van der Waals surface area contributed by atoms with E-state index in [4.69, 9.17) is 9.47 Å². The molecule has 0 spiro atoms. The van der Waals surface area contributed by atoms with Crippen LogP contribution in [0.4, 0.5) is 4.79 Å². The number of rotatable bonds is 28. The Morgan fingerprint density at radius 1 is 0.738 bits per heavy atom. The van der Waals surface area contributed by atoms with Crippen molar-refractivity contribution in [3.05, 3.63) is 24.3 Å². The molecule has 0 heterocycles. The van der Waals surface area contributed by atoms with E-state index in [9.17, 15) is 14.4 Å². The lowest BCUT2D eigenvalue weighted by Crippen LogP contribution is -2.32. The van der Waals surface area contributed by atoms with Crippen LogP contribution in [0.1, 0.15) is 130 Å². The van der Waals surface area contributed by atoms with Crippen molar-refractivity contribution in [3.63, 3.8) is 0 Å². The lowest BCUT2D eigenvalue weighted by atomic mass is 10.1. The summed E-state index contributed by atoms with van der Waals surface area (Å²) in [6.07, 6.45) is 24.7. The highest BCUT2D eigenvalue weighted by Gasteiger charge is 2.15. The average Bonchev–Trinajstić information content (AvgIpc) is 2.98. The molecule has 1 amide bonds. The van der Waals surface area contributed by atoms with E-state index in [0.29, 0.717) is 32.1 Å². The lowest BCUT2D eigenvalue weighted by Gasteiger charge is -2.23. The van der Waals surface area contributed by atoms with Crippen molar-refractivity contribution >= 4 is 28.9 Å². The molecule has 0 aliphatic carbocycles. The minimum Gasteiger partial charge on any atom is -0.461 e. The van der Waals surface area contributed by atoms with Gasteiger partial charge in [0.05, 0.1) is 0 Å². The highest BCUT2D eigenvalue weighted by Crippen LogP contribution is 2.15. The Morgan fingerprint density at radius 2 is 1.26 bits per heavy atom. The zero-order valence-corrected chi connectivity index (χ0v) is 28.2. The largest absolute Gasteiger partial charge is 0.461 e. The molecule has 0 aromatic rings. The molecule has 42 heavy (non-hydrogen) atoms. The topological polar surface area (TPSA) is 84.9 Å². The summed E-state index contributed by atoms with van der Waals surface area (Å²) < 4.78 is 10.4. The van der Waals surface area contributed by atoms with E-state index in [1.54, 1.807) is 0 Å². The van der Waals surface area contributed by atoms with E-state index < -0.39 is 0 Å². The number of nitrogens with zero attached hydrogens (tertiary/aromatic N) is 1. The number of unbranched alkanes of at least 4 members (excludes halogenated alkanes) is 12. The highest BCUT2D eigenvalue weighted by atomic mass is 32.2. The maximum absolute atomic E-state index is 12.9. The molecule has 0 radical (unpaired) electrons. The van der Waals surface area contributed by atoms with Gasteiger partial charge in [-0.1, -0.05) is 101 Å². The molecule has 1 N–H and O–H groups in total. The minimum absolute atomic E-state index is 0.112. The summed E-state index contributed by atoms with van der Waals surface area (Å²) in [5.41, 5.74) is 0. The van der Waals surface area contributed by atoms with Crippen LogP contribution in [-0.2, 0) is 19.1 Å². The normalized spacial score (nSPS) is 12.2. The van der Waals surface area contributed by atoms with Crippen molar-refractivity contribution in [2.75, 3.05) is 39.1 Å². The summed E-state index contributed by atoms with van der Waals surface area (Å²) in [6.45, 7) is 8.51. The van der Waals surface area contributed by atoms with Crippen molar-refractivity contribution in [1.82, 2.24) is 10.2 Å². The first-order valence-electron chi connectivity index (χ1n) is 16.6. The molecule has 0 aliphatic rings. The predicted molar refractivity (Wildman–Crippen MR) is 178 cm³/mol. The number of hydrogen-bond acceptors (Lipinski definition) is 7. The molecular formula is C34H62N2O5S. The zero-order valence-electron chi connectivity index (χ0n) is 27.3. The van der Waals surface area contributed by atoms with E-state index in [0.717, 1.165) is 89.5 Å². The van der Waals surface area contributed by atoms with Crippen LogP contribution in [0.3, 0.4) is 0 Å². The van der Waals surface area contributed by atoms with Crippen LogP contribution in [0.15, 0.2) is 24.3 Å². The zero-order chi connectivity index (χ0) is 31.1. The second-order valence-corrected chi connectivity index (χ2v) is 12.0. The number of carbonyl (C=O) groups is 3. The Labute approximate surface area is 262 Å². The minimum atomic E-state index is -0.131. The van der Waals surface area contributed by atoms with E-state index in [1.165, 1.54) is 37.4 Å². The van der Waals surface area contributed by atoms with Crippen LogP contribution < -0.4 is 5.32 Å². The maximum Gasteiger partial charge on any atom is 0.306 e. The smallest absolute Gasteiger partial charge is 0.306 e. The molecule has 0 bridgehead atoms. The van der Waals surface area contributed by atoms with E-state index in [-0.39, 0.29) is 17.2 Å². The molecule has 0 saturated carbocycles. The number of ether oxygens (including phenoxy) is 2. The number of amides is 1. The van der Waals surface area contributed by atoms with E-state index in [2.05, 4.69) is 25.2 Å².